The Bertz CT molecular complexity index is 583. The first-order chi connectivity index (χ1) is 8.22. The van der Waals surface area contributed by atoms with Gasteiger partial charge in [0.25, 0.3) is 5.56 Å². The summed E-state index contributed by atoms with van der Waals surface area (Å²) in [4.78, 5) is 17.5. The number of para-hydroxylation sites is 1. The van der Waals surface area contributed by atoms with Gasteiger partial charge < -0.3 is 15.5 Å². The average Bonchev–Trinajstić information content (AvgIpc) is 2.35. The molecule has 0 spiro atoms. The summed E-state index contributed by atoms with van der Waals surface area (Å²) in [6, 6.07) is 7.22. The molecule has 88 valence electrons. The van der Waals surface area contributed by atoms with Gasteiger partial charge in [0.15, 0.2) is 5.02 Å². The van der Waals surface area contributed by atoms with Gasteiger partial charge in [-0.3, -0.25) is 4.79 Å². The van der Waals surface area contributed by atoms with Crippen LogP contribution < -0.4 is 16.0 Å². The zero-order valence-corrected chi connectivity index (χ0v) is 9.57. The molecule has 0 radical (unpaired) electrons. The first-order valence-electron chi connectivity index (χ1n) is 4.91. The molecule has 17 heavy (non-hydrogen) atoms. The number of nitrogens with one attached hydrogen (secondary N) is 1. The fourth-order valence-electron chi connectivity index (χ4n) is 1.31. The zero-order chi connectivity index (χ0) is 12.3. The first-order valence-corrected chi connectivity index (χ1v) is 5.29. The minimum atomic E-state index is -0.443. The fourth-order valence-corrected chi connectivity index (χ4v) is 1.46. The predicted molar refractivity (Wildman–Crippen MR) is 64.3 cm³/mol. The molecular formula is C11H10ClN3O2. The summed E-state index contributed by atoms with van der Waals surface area (Å²) < 4.78 is 5.47. The number of aromatic nitrogens is 2. The molecule has 0 fully saturated rings. The summed E-state index contributed by atoms with van der Waals surface area (Å²) >= 11 is 5.78. The van der Waals surface area contributed by atoms with E-state index in [-0.39, 0.29) is 10.9 Å². The Labute approximate surface area is 102 Å². The van der Waals surface area contributed by atoms with Crippen LogP contribution in [0.3, 0.4) is 0 Å². The van der Waals surface area contributed by atoms with E-state index >= 15 is 0 Å². The van der Waals surface area contributed by atoms with Crippen LogP contribution in [0, 0.1) is 0 Å². The number of hydrogen-bond donors (Lipinski definition) is 2. The summed E-state index contributed by atoms with van der Waals surface area (Å²) in [5.41, 5.74) is 5.94. The Balaban J connectivity index is 2.38. The molecule has 0 aliphatic heterocycles. The van der Waals surface area contributed by atoms with Crippen molar-refractivity contribution in [3.63, 3.8) is 0 Å². The molecule has 1 heterocycles. The standard InChI is InChI=1S/C11H10ClN3O2/c12-9-10(16)14-6-15-11(9)17-8-4-2-1-3-7(8)5-13/h1-4,6H,5,13H2,(H,14,15,16). The largest absolute Gasteiger partial charge is 0.437 e. The van der Waals surface area contributed by atoms with Gasteiger partial charge in [0, 0.05) is 12.1 Å². The molecule has 2 rings (SSSR count). The molecule has 1 aromatic carbocycles. The van der Waals surface area contributed by atoms with Crippen molar-refractivity contribution in [3.05, 3.63) is 51.5 Å². The second-order valence-corrected chi connectivity index (χ2v) is 3.64. The zero-order valence-electron chi connectivity index (χ0n) is 8.81. The second kappa shape index (κ2) is 4.99. The maximum absolute atomic E-state index is 11.3. The van der Waals surface area contributed by atoms with Gasteiger partial charge in [-0.1, -0.05) is 29.8 Å². The third-order valence-electron chi connectivity index (χ3n) is 2.16. The van der Waals surface area contributed by atoms with Crippen LogP contribution in [0.25, 0.3) is 0 Å². The molecule has 1 aromatic heterocycles. The molecule has 5 nitrogen and oxygen atoms in total. The molecule has 3 N–H and O–H groups in total. The van der Waals surface area contributed by atoms with Crippen molar-refractivity contribution in [1.82, 2.24) is 9.97 Å². The summed E-state index contributed by atoms with van der Waals surface area (Å²) in [5, 5.41) is -0.0840. The van der Waals surface area contributed by atoms with Gasteiger partial charge in [0.2, 0.25) is 5.88 Å². The smallest absolute Gasteiger partial charge is 0.273 e. The third-order valence-corrected chi connectivity index (χ3v) is 2.50. The van der Waals surface area contributed by atoms with E-state index in [0.717, 1.165) is 5.56 Å². The van der Waals surface area contributed by atoms with Crippen molar-refractivity contribution in [1.29, 1.82) is 0 Å². The maximum Gasteiger partial charge on any atom is 0.273 e. The quantitative estimate of drug-likeness (QED) is 0.870. The van der Waals surface area contributed by atoms with Crippen molar-refractivity contribution < 1.29 is 4.74 Å². The van der Waals surface area contributed by atoms with Crippen LogP contribution in [0.2, 0.25) is 5.02 Å². The third kappa shape index (κ3) is 2.46. The number of nitrogens with two attached hydrogens (primary N) is 1. The average molecular weight is 252 g/mol. The first kappa shape index (κ1) is 11.6. The summed E-state index contributed by atoms with van der Waals surface area (Å²) in [6.07, 6.45) is 1.23. The monoisotopic (exact) mass is 251 g/mol. The fraction of sp³-hybridized carbons (Fsp3) is 0.0909. The second-order valence-electron chi connectivity index (χ2n) is 3.26. The minimum absolute atomic E-state index is 0.0660. The number of ether oxygens (including phenoxy) is 1. The lowest BCUT2D eigenvalue weighted by Crippen LogP contribution is -2.08. The number of H-pyrrole nitrogens is 1. The van der Waals surface area contributed by atoms with Gasteiger partial charge in [0.1, 0.15) is 5.75 Å². The highest BCUT2D eigenvalue weighted by atomic mass is 35.5. The van der Waals surface area contributed by atoms with Gasteiger partial charge in [-0.25, -0.2) is 4.98 Å². The predicted octanol–water partition coefficient (Wildman–Crippen LogP) is 1.67. The lowest BCUT2D eigenvalue weighted by atomic mass is 10.2. The van der Waals surface area contributed by atoms with Crippen LogP contribution >= 0.6 is 11.6 Å². The Kier molecular flexibility index (Phi) is 3.41. The van der Waals surface area contributed by atoms with Gasteiger partial charge in [0.05, 0.1) is 6.33 Å². The number of nitrogens with zero attached hydrogens (tertiary/aromatic N) is 1. The number of hydrogen-bond acceptors (Lipinski definition) is 4. The Morgan fingerprint density at radius 3 is 2.94 bits per heavy atom. The SMILES string of the molecule is NCc1ccccc1Oc1nc[nH]c(=O)c1Cl. The Morgan fingerprint density at radius 1 is 1.41 bits per heavy atom. The van der Waals surface area contributed by atoms with Crippen molar-refractivity contribution >= 4 is 11.6 Å². The number of benzene rings is 1. The molecule has 0 unspecified atom stereocenters. The molecule has 6 heteroatoms. The minimum Gasteiger partial charge on any atom is -0.437 e. The Morgan fingerprint density at radius 2 is 2.18 bits per heavy atom. The van der Waals surface area contributed by atoms with Crippen LogP contribution in [-0.4, -0.2) is 9.97 Å². The highest BCUT2D eigenvalue weighted by molar-refractivity contribution is 6.31. The van der Waals surface area contributed by atoms with Crippen LogP contribution in [0.4, 0.5) is 0 Å². The molecule has 0 saturated heterocycles. The van der Waals surface area contributed by atoms with Gasteiger partial charge >= 0.3 is 0 Å². The summed E-state index contributed by atoms with van der Waals surface area (Å²) in [7, 11) is 0. The van der Waals surface area contributed by atoms with E-state index in [0.29, 0.717) is 12.3 Å². The lowest BCUT2D eigenvalue weighted by molar-refractivity contribution is 0.455. The van der Waals surface area contributed by atoms with E-state index in [1.54, 1.807) is 12.1 Å². The van der Waals surface area contributed by atoms with Crippen molar-refractivity contribution in [2.24, 2.45) is 5.73 Å². The van der Waals surface area contributed by atoms with Crippen molar-refractivity contribution in [2.45, 2.75) is 6.54 Å². The van der Waals surface area contributed by atoms with Crippen molar-refractivity contribution in [3.8, 4) is 11.6 Å². The molecule has 0 bridgehead atoms. The van der Waals surface area contributed by atoms with Crippen LogP contribution in [0.1, 0.15) is 5.56 Å². The van der Waals surface area contributed by atoms with Crippen LogP contribution in [-0.2, 0) is 6.54 Å². The van der Waals surface area contributed by atoms with Crippen molar-refractivity contribution in [2.75, 3.05) is 0 Å². The van der Waals surface area contributed by atoms with E-state index in [1.165, 1.54) is 6.33 Å². The molecule has 0 atom stereocenters. The molecule has 2 aromatic rings. The number of rotatable bonds is 3. The molecular weight excluding hydrogens is 242 g/mol. The summed E-state index contributed by atoms with van der Waals surface area (Å²) in [6.45, 7) is 0.330. The van der Waals surface area contributed by atoms with Crippen LogP contribution in [0.15, 0.2) is 35.4 Å². The molecule has 0 aliphatic rings. The molecule has 0 aliphatic carbocycles. The maximum atomic E-state index is 11.3. The molecule has 0 saturated carbocycles. The van der Waals surface area contributed by atoms with Crippen LogP contribution in [0.5, 0.6) is 11.6 Å². The van der Waals surface area contributed by atoms with Gasteiger partial charge in [-0.15, -0.1) is 0 Å². The van der Waals surface area contributed by atoms with Gasteiger partial charge in [-0.2, -0.15) is 0 Å². The molecule has 0 amide bonds. The normalized spacial score (nSPS) is 10.2. The number of aromatic amines is 1. The van der Waals surface area contributed by atoms with E-state index in [1.807, 2.05) is 12.1 Å². The van der Waals surface area contributed by atoms with E-state index in [4.69, 9.17) is 22.1 Å². The summed E-state index contributed by atoms with van der Waals surface area (Å²) in [5.74, 6) is 0.603. The van der Waals surface area contributed by atoms with Gasteiger partial charge in [-0.05, 0) is 6.07 Å². The highest BCUT2D eigenvalue weighted by Crippen LogP contribution is 2.26. The van der Waals surface area contributed by atoms with E-state index in [2.05, 4.69) is 9.97 Å². The number of halogens is 1. The lowest BCUT2D eigenvalue weighted by Gasteiger charge is -2.09. The topological polar surface area (TPSA) is 81.0 Å². The van der Waals surface area contributed by atoms with E-state index in [9.17, 15) is 4.79 Å². The highest BCUT2D eigenvalue weighted by Gasteiger charge is 2.10. The van der Waals surface area contributed by atoms with E-state index < -0.39 is 5.56 Å². The Hall–Kier alpha value is -1.85.